The van der Waals surface area contributed by atoms with Gasteiger partial charge in [-0.1, -0.05) is 43.7 Å². The number of aliphatic hydroxyl groups excluding tert-OH is 1. The van der Waals surface area contributed by atoms with Crippen molar-refractivity contribution in [3.8, 4) is 0 Å². The SMILES string of the molecule is CCCC(Cc1ccccc1)NC(=O)N1CCCC(O)C1. The topological polar surface area (TPSA) is 52.6 Å². The highest BCUT2D eigenvalue weighted by molar-refractivity contribution is 5.74. The van der Waals surface area contributed by atoms with E-state index in [0.717, 1.165) is 38.6 Å². The molecular formula is C17H26N2O2. The number of β-amino-alcohol motifs (C(OH)–C–C–N with tert-alkyl or cyclic N) is 1. The lowest BCUT2D eigenvalue weighted by molar-refractivity contribution is 0.0831. The van der Waals surface area contributed by atoms with Crippen LogP contribution in [0.15, 0.2) is 30.3 Å². The Labute approximate surface area is 127 Å². The van der Waals surface area contributed by atoms with Gasteiger partial charge in [-0.15, -0.1) is 0 Å². The van der Waals surface area contributed by atoms with Crippen molar-refractivity contribution < 1.29 is 9.90 Å². The zero-order chi connectivity index (χ0) is 15.1. The van der Waals surface area contributed by atoms with Gasteiger partial charge in [0.05, 0.1) is 6.10 Å². The van der Waals surface area contributed by atoms with Gasteiger partial charge in [-0.3, -0.25) is 0 Å². The molecule has 0 aromatic heterocycles. The average molecular weight is 290 g/mol. The molecule has 116 valence electrons. The largest absolute Gasteiger partial charge is 0.391 e. The van der Waals surface area contributed by atoms with E-state index in [1.54, 1.807) is 4.90 Å². The molecule has 1 aliphatic heterocycles. The predicted molar refractivity (Wildman–Crippen MR) is 84.2 cm³/mol. The van der Waals surface area contributed by atoms with Gasteiger partial charge in [-0.25, -0.2) is 4.79 Å². The summed E-state index contributed by atoms with van der Waals surface area (Å²) in [5.41, 5.74) is 1.25. The number of carbonyl (C=O) groups is 1. The second kappa shape index (κ2) is 8.03. The lowest BCUT2D eigenvalue weighted by Crippen LogP contribution is -2.50. The molecule has 2 atom stereocenters. The van der Waals surface area contributed by atoms with Gasteiger partial charge in [0.1, 0.15) is 0 Å². The summed E-state index contributed by atoms with van der Waals surface area (Å²) in [5.74, 6) is 0. The molecule has 1 saturated heterocycles. The van der Waals surface area contributed by atoms with Crippen molar-refractivity contribution in [1.82, 2.24) is 10.2 Å². The normalized spacial score (nSPS) is 20.1. The molecule has 1 aromatic carbocycles. The summed E-state index contributed by atoms with van der Waals surface area (Å²) in [7, 11) is 0. The molecule has 2 amide bonds. The molecule has 2 N–H and O–H groups in total. The Morgan fingerprint density at radius 1 is 1.43 bits per heavy atom. The van der Waals surface area contributed by atoms with Crippen molar-refractivity contribution in [3.63, 3.8) is 0 Å². The van der Waals surface area contributed by atoms with Crippen LogP contribution in [0.2, 0.25) is 0 Å². The van der Waals surface area contributed by atoms with Crippen LogP contribution in [-0.4, -0.2) is 41.3 Å². The second-order valence-electron chi connectivity index (χ2n) is 5.87. The van der Waals surface area contributed by atoms with E-state index in [0.29, 0.717) is 6.54 Å². The first kappa shape index (κ1) is 15.8. The summed E-state index contributed by atoms with van der Waals surface area (Å²) in [4.78, 5) is 14.1. The van der Waals surface area contributed by atoms with Crippen LogP contribution in [-0.2, 0) is 6.42 Å². The quantitative estimate of drug-likeness (QED) is 0.875. The number of nitrogens with one attached hydrogen (secondary N) is 1. The van der Waals surface area contributed by atoms with E-state index in [9.17, 15) is 9.90 Å². The molecule has 0 bridgehead atoms. The zero-order valence-corrected chi connectivity index (χ0v) is 12.8. The average Bonchev–Trinajstić information content (AvgIpc) is 2.48. The highest BCUT2D eigenvalue weighted by atomic mass is 16.3. The Kier molecular flexibility index (Phi) is 6.05. The lowest BCUT2D eigenvalue weighted by atomic mass is 10.0. The summed E-state index contributed by atoms with van der Waals surface area (Å²) in [5, 5.41) is 12.8. The minimum atomic E-state index is -0.372. The molecule has 4 nitrogen and oxygen atoms in total. The van der Waals surface area contributed by atoms with Gasteiger partial charge in [0.15, 0.2) is 0 Å². The van der Waals surface area contributed by atoms with E-state index in [4.69, 9.17) is 0 Å². The van der Waals surface area contributed by atoms with Crippen LogP contribution in [0.5, 0.6) is 0 Å². The molecule has 0 spiro atoms. The molecule has 2 rings (SSSR count). The molecule has 1 aliphatic rings. The summed E-state index contributed by atoms with van der Waals surface area (Å²) in [6, 6.07) is 10.4. The van der Waals surface area contributed by atoms with Crippen molar-refractivity contribution in [2.75, 3.05) is 13.1 Å². The van der Waals surface area contributed by atoms with Crippen LogP contribution in [0.25, 0.3) is 0 Å². The highest BCUT2D eigenvalue weighted by Crippen LogP contribution is 2.12. The van der Waals surface area contributed by atoms with Gasteiger partial charge in [-0.05, 0) is 31.2 Å². The van der Waals surface area contributed by atoms with Crippen molar-refractivity contribution >= 4 is 6.03 Å². The Bertz CT molecular complexity index is 436. The first-order chi connectivity index (χ1) is 10.2. The third-order valence-corrected chi connectivity index (χ3v) is 3.97. The summed E-state index contributed by atoms with van der Waals surface area (Å²) in [6.07, 6.45) is 4.18. The summed E-state index contributed by atoms with van der Waals surface area (Å²) in [6.45, 7) is 3.33. The third-order valence-electron chi connectivity index (χ3n) is 3.97. The van der Waals surface area contributed by atoms with Crippen LogP contribution in [0.1, 0.15) is 38.2 Å². The van der Waals surface area contributed by atoms with Crippen LogP contribution >= 0.6 is 0 Å². The van der Waals surface area contributed by atoms with Gasteiger partial charge in [0.2, 0.25) is 0 Å². The minimum absolute atomic E-state index is 0.0388. The maximum atomic E-state index is 12.3. The van der Waals surface area contributed by atoms with E-state index in [1.807, 2.05) is 18.2 Å². The minimum Gasteiger partial charge on any atom is -0.391 e. The second-order valence-corrected chi connectivity index (χ2v) is 5.87. The molecule has 1 heterocycles. The molecule has 0 aliphatic carbocycles. The molecular weight excluding hydrogens is 264 g/mol. The lowest BCUT2D eigenvalue weighted by Gasteiger charge is -2.32. The third kappa shape index (κ3) is 5.05. The first-order valence-corrected chi connectivity index (χ1v) is 7.96. The van der Waals surface area contributed by atoms with Gasteiger partial charge in [-0.2, -0.15) is 0 Å². The number of benzene rings is 1. The number of aliphatic hydroxyl groups is 1. The van der Waals surface area contributed by atoms with Gasteiger partial charge in [0, 0.05) is 19.1 Å². The van der Waals surface area contributed by atoms with E-state index in [1.165, 1.54) is 5.56 Å². The number of nitrogens with zero attached hydrogens (tertiary/aromatic N) is 1. The van der Waals surface area contributed by atoms with Gasteiger partial charge >= 0.3 is 6.03 Å². The molecule has 1 aromatic rings. The number of hydrogen-bond donors (Lipinski definition) is 2. The van der Waals surface area contributed by atoms with E-state index in [2.05, 4.69) is 24.4 Å². The number of carbonyl (C=O) groups excluding carboxylic acids is 1. The van der Waals surface area contributed by atoms with E-state index < -0.39 is 0 Å². The fourth-order valence-corrected chi connectivity index (χ4v) is 2.88. The van der Waals surface area contributed by atoms with E-state index in [-0.39, 0.29) is 18.2 Å². The Hall–Kier alpha value is -1.55. The van der Waals surface area contributed by atoms with Crippen molar-refractivity contribution in [1.29, 1.82) is 0 Å². The van der Waals surface area contributed by atoms with Gasteiger partial charge < -0.3 is 15.3 Å². The highest BCUT2D eigenvalue weighted by Gasteiger charge is 2.23. The Morgan fingerprint density at radius 3 is 2.86 bits per heavy atom. The smallest absolute Gasteiger partial charge is 0.317 e. The van der Waals surface area contributed by atoms with Crippen molar-refractivity contribution in [3.05, 3.63) is 35.9 Å². The fraction of sp³-hybridized carbons (Fsp3) is 0.588. The van der Waals surface area contributed by atoms with E-state index >= 15 is 0 Å². The predicted octanol–water partition coefficient (Wildman–Crippen LogP) is 2.56. The first-order valence-electron chi connectivity index (χ1n) is 7.96. The number of piperidine rings is 1. The summed E-state index contributed by atoms with van der Waals surface area (Å²) < 4.78 is 0. The maximum Gasteiger partial charge on any atom is 0.317 e. The molecule has 0 saturated carbocycles. The zero-order valence-electron chi connectivity index (χ0n) is 12.8. The molecule has 21 heavy (non-hydrogen) atoms. The number of likely N-dealkylation sites (tertiary alicyclic amines) is 1. The fourth-order valence-electron chi connectivity index (χ4n) is 2.88. The standard InChI is InChI=1S/C17H26N2O2/c1-2-7-15(12-14-8-4-3-5-9-14)18-17(21)19-11-6-10-16(20)13-19/h3-5,8-9,15-16,20H,2,6-7,10-13H2,1H3,(H,18,21). The van der Waals surface area contributed by atoms with Gasteiger partial charge in [0.25, 0.3) is 0 Å². The number of hydrogen-bond acceptors (Lipinski definition) is 2. The number of amides is 2. The molecule has 2 unspecified atom stereocenters. The summed E-state index contributed by atoms with van der Waals surface area (Å²) >= 11 is 0. The Morgan fingerprint density at radius 2 is 2.19 bits per heavy atom. The van der Waals surface area contributed by atoms with Crippen LogP contribution in [0, 0.1) is 0 Å². The Balaban J connectivity index is 1.90. The van der Waals surface area contributed by atoms with Crippen LogP contribution < -0.4 is 5.32 Å². The van der Waals surface area contributed by atoms with Crippen LogP contribution in [0.4, 0.5) is 4.79 Å². The van der Waals surface area contributed by atoms with Crippen molar-refractivity contribution in [2.45, 2.75) is 51.2 Å². The molecule has 1 fully saturated rings. The monoisotopic (exact) mass is 290 g/mol. The van der Waals surface area contributed by atoms with Crippen molar-refractivity contribution in [2.24, 2.45) is 0 Å². The molecule has 0 radical (unpaired) electrons. The number of rotatable bonds is 5. The number of urea groups is 1. The van der Waals surface area contributed by atoms with Crippen LogP contribution in [0.3, 0.4) is 0 Å². The maximum absolute atomic E-state index is 12.3. The molecule has 4 heteroatoms.